The summed E-state index contributed by atoms with van der Waals surface area (Å²) >= 11 is 3.32. The van der Waals surface area contributed by atoms with Crippen molar-refractivity contribution in [2.24, 2.45) is 0 Å². The maximum Gasteiger partial charge on any atom is 0.338 e. The van der Waals surface area contributed by atoms with Gasteiger partial charge in [-0.2, -0.15) is 0 Å². The topological polar surface area (TPSA) is 43.4 Å². The lowest BCUT2D eigenvalue weighted by atomic mass is 10.0. The molecule has 92 valence electrons. The zero-order valence-electron chi connectivity index (χ0n) is 10.1. The molecular weight excluding hydrogens is 284 g/mol. The molecule has 0 aromatic heterocycles. The SMILES string of the molecule is CCOC(=O)c1ccc(C)c(C(Br)C(C)=O)c1. The molecule has 1 aromatic rings. The van der Waals surface area contributed by atoms with Crippen molar-refractivity contribution in [1.82, 2.24) is 0 Å². The third kappa shape index (κ3) is 3.40. The molecule has 0 saturated heterocycles. The Balaban J connectivity index is 3.10. The number of carbonyl (C=O) groups excluding carboxylic acids is 2. The van der Waals surface area contributed by atoms with Crippen molar-refractivity contribution in [3.05, 3.63) is 34.9 Å². The van der Waals surface area contributed by atoms with Gasteiger partial charge in [0.2, 0.25) is 0 Å². The number of esters is 1. The minimum absolute atomic E-state index is 0.00843. The van der Waals surface area contributed by atoms with Crippen molar-refractivity contribution in [3.8, 4) is 0 Å². The van der Waals surface area contributed by atoms with Crippen molar-refractivity contribution in [2.45, 2.75) is 25.6 Å². The van der Waals surface area contributed by atoms with E-state index in [0.29, 0.717) is 12.2 Å². The average Bonchev–Trinajstić information content (AvgIpc) is 2.28. The van der Waals surface area contributed by atoms with E-state index in [4.69, 9.17) is 4.74 Å². The van der Waals surface area contributed by atoms with E-state index < -0.39 is 0 Å². The molecule has 3 nitrogen and oxygen atoms in total. The van der Waals surface area contributed by atoms with E-state index in [2.05, 4.69) is 15.9 Å². The van der Waals surface area contributed by atoms with Gasteiger partial charge in [-0.1, -0.05) is 22.0 Å². The fraction of sp³-hybridized carbons (Fsp3) is 0.385. The molecule has 0 N–H and O–H groups in total. The number of aryl methyl sites for hydroxylation is 1. The van der Waals surface area contributed by atoms with Crippen molar-refractivity contribution < 1.29 is 14.3 Å². The first-order valence-electron chi connectivity index (χ1n) is 5.39. The highest BCUT2D eigenvalue weighted by Gasteiger charge is 2.17. The van der Waals surface area contributed by atoms with Crippen LogP contribution >= 0.6 is 15.9 Å². The summed E-state index contributed by atoms with van der Waals surface area (Å²) in [5, 5.41) is 0. The van der Waals surface area contributed by atoms with Crippen molar-refractivity contribution >= 4 is 27.7 Å². The number of halogens is 1. The molecule has 17 heavy (non-hydrogen) atoms. The van der Waals surface area contributed by atoms with Crippen LogP contribution in [0.2, 0.25) is 0 Å². The van der Waals surface area contributed by atoms with Crippen molar-refractivity contribution in [2.75, 3.05) is 6.61 Å². The van der Waals surface area contributed by atoms with E-state index >= 15 is 0 Å². The van der Waals surface area contributed by atoms with Gasteiger partial charge in [-0.15, -0.1) is 0 Å². The van der Waals surface area contributed by atoms with Crippen LogP contribution < -0.4 is 0 Å². The Morgan fingerprint density at radius 1 is 1.41 bits per heavy atom. The molecule has 0 heterocycles. The van der Waals surface area contributed by atoms with E-state index in [1.165, 1.54) is 6.92 Å². The Kier molecular flexibility index (Phi) is 4.87. The fourth-order valence-electron chi connectivity index (χ4n) is 1.47. The number of alkyl halides is 1. The monoisotopic (exact) mass is 298 g/mol. The normalized spacial score (nSPS) is 12.0. The lowest BCUT2D eigenvalue weighted by Crippen LogP contribution is -2.08. The summed E-state index contributed by atoms with van der Waals surface area (Å²) in [4.78, 5) is 22.5. The predicted molar refractivity (Wildman–Crippen MR) is 69.5 cm³/mol. The number of rotatable bonds is 4. The quantitative estimate of drug-likeness (QED) is 0.633. The Morgan fingerprint density at radius 3 is 2.59 bits per heavy atom. The van der Waals surface area contributed by atoms with Crippen LogP contribution in [0.25, 0.3) is 0 Å². The number of benzene rings is 1. The second kappa shape index (κ2) is 5.96. The summed E-state index contributed by atoms with van der Waals surface area (Å²) in [6.45, 7) is 5.51. The summed E-state index contributed by atoms with van der Waals surface area (Å²) in [6, 6.07) is 5.23. The van der Waals surface area contributed by atoms with Crippen LogP contribution in [0.15, 0.2) is 18.2 Å². The molecule has 1 atom stereocenters. The first-order chi connectivity index (χ1) is 7.97. The lowest BCUT2D eigenvalue weighted by molar-refractivity contribution is -0.116. The summed E-state index contributed by atoms with van der Waals surface area (Å²) in [5.41, 5.74) is 2.25. The molecule has 0 aliphatic heterocycles. The third-order valence-corrected chi connectivity index (χ3v) is 3.56. The second-order valence-electron chi connectivity index (χ2n) is 3.77. The highest BCUT2D eigenvalue weighted by atomic mass is 79.9. The number of carbonyl (C=O) groups is 2. The minimum atomic E-state index is -0.378. The van der Waals surface area contributed by atoms with Gasteiger partial charge in [0.15, 0.2) is 0 Å². The van der Waals surface area contributed by atoms with Crippen LogP contribution in [0, 0.1) is 6.92 Å². The molecule has 4 heteroatoms. The Hall–Kier alpha value is -1.16. The van der Waals surface area contributed by atoms with E-state index in [0.717, 1.165) is 11.1 Å². The Bertz CT molecular complexity index is 440. The number of ketones is 1. The van der Waals surface area contributed by atoms with Gasteiger partial charge in [0.25, 0.3) is 0 Å². The van der Waals surface area contributed by atoms with E-state index in [9.17, 15) is 9.59 Å². The van der Waals surface area contributed by atoms with Gasteiger partial charge in [-0.05, 0) is 44.0 Å². The molecule has 0 spiro atoms. The zero-order valence-corrected chi connectivity index (χ0v) is 11.7. The molecule has 0 amide bonds. The maximum absolute atomic E-state index is 11.6. The summed E-state index contributed by atoms with van der Waals surface area (Å²) in [5.74, 6) is -0.355. The maximum atomic E-state index is 11.6. The molecule has 0 aliphatic rings. The fourth-order valence-corrected chi connectivity index (χ4v) is 1.97. The molecule has 1 unspecified atom stereocenters. The molecule has 0 radical (unpaired) electrons. The van der Waals surface area contributed by atoms with Gasteiger partial charge in [-0.3, -0.25) is 4.79 Å². The predicted octanol–water partition coefficient (Wildman–Crippen LogP) is 3.20. The van der Waals surface area contributed by atoms with Crippen LogP contribution in [0.3, 0.4) is 0 Å². The lowest BCUT2D eigenvalue weighted by Gasteiger charge is -2.11. The number of Topliss-reactive ketones (excluding diaryl/α,β-unsaturated/α-hetero) is 1. The van der Waals surface area contributed by atoms with Gasteiger partial charge in [0, 0.05) is 0 Å². The summed E-state index contributed by atoms with van der Waals surface area (Å²) < 4.78 is 4.92. The van der Waals surface area contributed by atoms with E-state index in [1.54, 1.807) is 19.1 Å². The van der Waals surface area contributed by atoms with Gasteiger partial charge in [0.1, 0.15) is 5.78 Å². The van der Waals surface area contributed by atoms with Crippen LogP contribution in [-0.4, -0.2) is 18.4 Å². The third-order valence-electron chi connectivity index (χ3n) is 2.42. The smallest absolute Gasteiger partial charge is 0.338 e. The van der Waals surface area contributed by atoms with E-state index in [1.807, 2.05) is 13.0 Å². The molecule has 0 bridgehead atoms. The highest BCUT2D eigenvalue weighted by molar-refractivity contribution is 9.09. The highest BCUT2D eigenvalue weighted by Crippen LogP contribution is 2.27. The largest absolute Gasteiger partial charge is 0.462 e. The van der Waals surface area contributed by atoms with Crippen LogP contribution in [-0.2, 0) is 9.53 Å². The molecule has 0 saturated carbocycles. The van der Waals surface area contributed by atoms with Crippen LogP contribution in [0.5, 0.6) is 0 Å². The zero-order chi connectivity index (χ0) is 13.0. The minimum Gasteiger partial charge on any atom is -0.462 e. The van der Waals surface area contributed by atoms with Gasteiger partial charge >= 0.3 is 5.97 Å². The number of ether oxygens (including phenoxy) is 1. The summed E-state index contributed by atoms with van der Waals surface area (Å²) in [6.07, 6.45) is 0. The van der Waals surface area contributed by atoms with Gasteiger partial charge < -0.3 is 4.74 Å². The van der Waals surface area contributed by atoms with Gasteiger partial charge in [0.05, 0.1) is 17.0 Å². The average molecular weight is 299 g/mol. The Morgan fingerprint density at radius 2 is 2.06 bits per heavy atom. The number of hydrogen-bond acceptors (Lipinski definition) is 3. The van der Waals surface area contributed by atoms with Crippen LogP contribution in [0.1, 0.15) is 40.2 Å². The van der Waals surface area contributed by atoms with E-state index in [-0.39, 0.29) is 16.6 Å². The standard InChI is InChI=1S/C13H15BrO3/c1-4-17-13(16)10-6-5-8(2)11(7-10)12(14)9(3)15/h5-7,12H,4H2,1-3H3. The van der Waals surface area contributed by atoms with Crippen molar-refractivity contribution in [1.29, 1.82) is 0 Å². The molecule has 0 aliphatic carbocycles. The molecular formula is C13H15BrO3. The Labute approximate surface area is 109 Å². The van der Waals surface area contributed by atoms with Crippen LogP contribution in [0.4, 0.5) is 0 Å². The number of hydrogen-bond donors (Lipinski definition) is 0. The molecule has 1 aromatic carbocycles. The van der Waals surface area contributed by atoms with Gasteiger partial charge in [-0.25, -0.2) is 4.79 Å². The molecule has 1 rings (SSSR count). The first kappa shape index (κ1) is 13.9. The first-order valence-corrected chi connectivity index (χ1v) is 6.31. The second-order valence-corrected chi connectivity index (χ2v) is 4.68. The summed E-state index contributed by atoms with van der Waals surface area (Å²) in [7, 11) is 0. The van der Waals surface area contributed by atoms with Crippen molar-refractivity contribution in [3.63, 3.8) is 0 Å². The molecule has 0 fully saturated rings.